The first kappa shape index (κ1) is 14.9. The number of carbonyl (C=O) groups excluding carboxylic acids is 2. The molecule has 0 aromatic heterocycles. The summed E-state index contributed by atoms with van der Waals surface area (Å²) in [7, 11) is 0. The van der Waals surface area contributed by atoms with Gasteiger partial charge in [-0.1, -0.05) is 36.9 Å². The fourth-order valence-corrected chi connectivity index (χ4v) is 2.63. The molecule has 1 saturated carbocycles. The van der Waals surface area contributed by atoms with E-state index in [0.717, 1.165) is 25.7 Å². The molecule has 0 aliphatic heterocycles. The fraction of sp³-hybridized carbons (Fsp3) is 0.467. The van der Waals surface area contributed by atoms with Crippen LogP contribution in [-0.4, -0.2) is 24.8 Å². The van der Waals surface area contributed by atoms with E-state index in [2.05, 4.69) is 5.32 Å². The van der Waals surface area contributed by atoms with Crippen molar-refractivity contribution in [3.63, 3.8) is 0 Å². The van der Waals surface area contributed by atoms with Gasteiger partial charge in [-0.05, 0) is 25.0 Å². The standard InChI is InChI=1S/C15H18ClNO3/c16-13-7-4-8-14(12(13)9-18)20-10-15(19)17-11-5-2-1-3-6-11/h4,7-9,11H,1-3,5-6,10H2,(H,17,19). The first-order valence-corrected chi connectivity index (χ1v) is 7.24. The topological polar surface area (TPSA) is 55.4 Å². The number of amides is 1. The molecule has 0 heterocycles. The van der Waals surface area contributed by atoms with Crippen LogP contribution in [0.3, 0.4) is 0 Å². The van der Waals surface area contributed by atoms with Crippen molar-refractivity contribution in [3.8, 4) is 5.75 Å². The van der Waals surface area contributed by atoms with Gasteiger partial charge >= 0.3 is 0 Å². The van der Waals surface area contributed by atoms with Gasteiger partial charge in [0.15, 0.2) is 12.9 Å². The van der Waals surface area contributed by atoms with E-state index in [9.17, 15) is 9.59 Å². The van der Waals surface area contributed by atoms with Gasteiger partial charge in [-0.15, -0.1) is 0 Å². The van der Waals surface area contributed by atoms with Crippen molar-refractivity contribution in [1.82, 2.24) is 5.32 Å². The van der Waals surface area contributed by atoms with Crippen LogP contribution in [0.15, 0.2) is 18.2 Å². The second kappa shape index (κ2) is 7.29. The molecule has 1 aromatic rings. The highest BCUT2D eigenvalue weighted by molar-refractivity contribution is 6.33. The Hall–Kier alpha value is -1.55. The van der Waals surface area contributed by atoms with E-state index in [1.807, 2.05) is 0 Å². The molecule has 0 spiro atoms. The Kier molecular flexibility index (Phi) is 5.41. The number of aldehydes is 1. The van der Waals surface area contributed by atoms with Crippen molar-refractivity contribution < 1.29 is 14.3 Å². The highest BCUT2D eigenvalue weighted by Gasteiger charge is 2.16. The fourth-order valence-electron chi connectivity index (χ4n) is 2.42. The van der Waals surface area contributed by atoms with Crippen molar-refractivity contribution >= 4 is 23.8 Å². The molecule has 108 valence electrons. The SMILES string of the molecule is O=Cc1c(Cl)cccc1OCC(=O)NC1CCCCC1. The smallest absolute Gasteiger partial charge is 0.258 e. The maximum atomic E-state index is 11.8. The summed E-state index contributed by atoms with van der Waals surface area (Å²) in [5.41, 5.74) is 0.277. The number of hydrogen-bond donors (Lipinski definition) is 1. The van der Waals surface area contributed by atoms with Crippen molar-refractivity contribution in [3.05, 3.63) is 28.8 Å². The molecule has 1 fully saturated rings. The molecule has 0 atom stereocenters. The molecule has 2 rings (SSSR count). The lowest BCUT2D eigenvalue weighted by Crippen LogP contribution is -2.39. The van der Waals surface area contributed by atoms with Gasteiger partial charge in [0.05, 0.1) is 10.6 Å². The quantitative estimate of drug-likeness (QED) is 0.850. The second-order valence-electron chi connectivity index (χ2n) is 4.96. The van der Waals surface area contributed by atoms with Crippen LogP contribution in [0.4, 0.5) is 0 Å². The van der Waals surface area contributed by atoms with E-state index in [1.54, 1.807) is 18.2 Å². The third kappa shape index (κ3) is 3.97. The summed E-state index contributed by atoms with van der Waals surface area (Å²) in [4.78, 5) is 22.8. The van der Waals surface area contributed by atoms with Crippen LogP contribution in [0.2, 0.25) is 5.02 Å². The van der Waals surface area contributed by atoms with Crippen LogP contribution in [0.25, 0.3) is 0 Å². The summed E-state index contributed by atoms with van der Waals surface area (Å²) >= 11 is 5.89. The monoisotopic (exact) mass is 295 g/mol. The molecular weight excluding hydrogens is 278 g/mol. The van der Waals surface area contributed by atoms with Gasteiger partial charge in [0.25, 0.3) is 5.91 Å². The van der Waals surface area contributed by atoms with Crippen LogP contribution in [-0.2, 0) is 4.79 Å². The number of ether oxygens (including phenoxy) is 1. The summed E-state index contributed by atoms with van der Waals surface area (Å²) in [6.45, 7) is -0.0995. The minimum Gasteiger partial charge on any atom is -0.483 e. The Balaban J connectivity index is 1.86. The highest BCUT2D eigenvalue weighted by Crippen LogP contribution is 2.24. The second-order valence-corrected chi connectivity index (χ2v) is 5.37. The third-order valence-corrected chi connectivity index (χ3v) is 3.79. The zero-order valence-corrected chi connectivity index (χ0v) is 12.0. The van der Waals surface area contributed by atoms with Crippen molar-refractivity contribution in [2.75, 3.05) is 6.61 Å². The maximum absolute atomic E-state index is 11.8. The number of hydrogen-bond acceptors (Lipinski definition) is 3. The number of benzene rings is 1. The van der Waals surface area contributed by atoms with Gasteiger partial charge in [-0.25, -0.2) is 0 Å². The zero-order valence-electron chi connectivity index (χ0n) is 11.2. The van der Waals surface area contributed by atoms with E-state index in [1.165, 1.54) is 6.42 Å². The van der Waals surface area contributed by atoms with Gasteiger partial charge in [0.1, 0.15) is 5.75 Å². The van der Waals surface area contributed by atoms with Crippen molar-refractivity contribution in [2.24, 2.45) is 0 Å². The van der Waals surface area contributed by atoms with E-state index < -0.39 is 0 Å². The number of nitrogens with one attached hydrogen (secondary N) is 1. The molecule has 1 N–H and O–H groups in total. The Labute approximate surface area is 123 Å². The maximum Gasteiger partial charge on any atom is 0.258 e. The Morgan fingerprint density at radius 2 is 2.10 bits per heavy atom. The molecule has 1 aromatic carbocycles. The molecule has 1 aliphatic carbocycles. The lowest BCUT2D eigenvalue weighted by Gasteiger charge is -2.22. The zero-order chi connectivity index (χ0) is 14.4. The Morgan fingerprint density at radius 1 is 1.35 bits per heavy atom. The predicted molar refractivity (Wildman–Crippen MR) is 77.4 cm³/mol. The van der Waals surface area contributed by atoms with Crippen LogP contribution in [0.1, 0.15) is 42.5 Å². The van der Waals surface area contributed by atoms with Crippen LogP contribution >= 0.6 is 11.6 Å². The van der Waals surface area contributed by atoms with Gasteiger partial charge in [-0.2, -0.15) is 0 Å². The Morgan fingerprint density at radius 3 is 2.80 bits per heavy atom. The highest BCUT2D eigenvalue weighted by atomic mass is 35.5. The van der Waals surface area contributed by atoms with E-state index in [-0.39, 0.29) is 24.1 Å². The molecule has 0 saturated heterocycles. The largest absolute Gasteiger partial charge is 0.483 e. The first-order chi connectivity index (χ1) is 9.70. The molecule has 1 amide bonds. The molecule has 1 aliphatic rings. The molecule has 0 bridgehead atoms. The molecule has 0 radical (unpaired) electrons. The summed E-state index contributed by atoms with van der Waals surface area (Å²) in [6.07, 6.45) is 6.26. The van der Waals surface area contributed by atoms with Gasteiger partial charge in [-0.3, -0.25) is 9.59 Å². The average Bonchev–Trinajstić information content (AvgIpc) is 2.46. The van der Waals surface area contributed by atoms with E-state index in [4.69, 9.17) is 16.3 Å². The lowest BCUT2D eigenvalue weighted by molar-refractivity contribution is -0.124. The van der Waals surface area contributed by atoms with E-state index in [0.29, 0.717) is 17.1 Å². The molecule has 4 nitrogen and oxygen atoms in total. The Bertz CT molecular complexity index is 484. The number of halogens is 1. The number of carbonyl (C=O) groups is 2. The van der Waals surface area contributed by atoms with Crippen molar-refractivity contribution in [2.45, 2.75) is 38.1 Å². The molecule has 0 unspecified atom stereocenters. The third-order valence-electron chi connectivity index (χ3n) is 3.46. The van der Waals surface area contributed by atoms with E-state index >= 15 is 0 Å². The van der Waals surface area contributed by atoms with Crippen molar-refractivity contribution in [1.29, 1.82) is 0 Å². The normalized spacial score (nSPS) is 15.7. The summed E-state index contributed by atoms with van der Waals surface area (Å²) in [5, 5.41) is 3.28. The minimum atomic E-state index is -0.159. The lowest BCUT2D eigenvalue weighted by atomic mass is 9.95. The first-order valence-electron chi connectivity index (χ1n) is 6.86. The summed E-state index contributed by atoms with van der Waals surface area (Å²) < 4.78 is 5.38. The van der Waals surface area contributed by atoms with Crippen LogP contribution in [0.5, 0.6) is 5.75 Å². The molecular formula is C15H18ClNO3. The molecule has 5 heteroatoms. The summed E-state index contributed by atoms with van der Waals surface area (Å²) in [6, 6.07) is 5.18. The van der Waals surface area contributed by atoms with Gasteiger partial charge < -0.3 is 10.1 Å². The predicted octanol–water partition coefficient (Wildman–Crippen LogP) is 2.98. The number of rotatable bonds is 5. The van der Waals surface area contributed by atoms with Crippen LogP contribution < -0.4 is 10.1 Å². The van der Waals surface area contributed by atoms with Gasteiger partial charge in [0.2, 0.25) is 0 Å². The minimum absolute atomic E-state index is 0.0995. The van der Waals surface area contributed by atoms with Crippen LogP contribution in [0, 0.1) is 0 Å². The average molecular weight is 296 g/mol. The van der Waals surface area contributed by atoms with Gasteiger partial charge in [0, 0.05) is 6.04 Å². The summed E-state index contributed by atoms with van der Waals surface area (Å²) in [5.74, 6) is 0.181. The molecule has 20 heavy (non-hydrogen) atoms.